The molecule has 1 aromatic carbocycles. The molecule has 4 N–H and O–H groups in total. The van der Waals surface area contributed by atoms with Crippen molar-refractivity contribution in [3.8, 4) is 11.3 Å². The SMILES string of the molecule is Cc1cc(C(C)(C)C(=O)O)c(Cl)cc1-c1cc(=O)c2c(C(N)=O)nccc2[nH]1. The standard InChI is InChI=1S/C20H18ClN3O4/c1-9-6-11(20(2,3)19(27)28)12(21)7-10(9)14-8-15(25)16-13(24-14)4-5-23-17(16)18(22)26/h4-8H,1-3H3,(H2,22,26)(H,24,25)(H,27,28). The molecule has 0 bridgehead atoms. The first-order chi connectivity index (χ1) is 13.0. The molecule has 0 aliphatic carbocycles. The molecular formula is C20H18ClN3O4. The van der Waals surface area contributed by atoms with Gasteiger partial charge in [-0.3, -0.25) is 19.4 Å². The second-order valence-corrected chi connectivity index (χ2v) is 7.48. The number of nitrogens with one attached hydrogen (secondary N) is 1. The van der Waals surface area contributed by atoms with E-state index in [1.54, 1.807) is 39.0 Å². The summed E-state index contributed by atoms with van der Waals surface area (Å²) in [6, 6.07) is 6.25. The van der Waals surface area contributed by atoms with Crippen LogP contribution in [0.2, 0.25) is 5.02 Å². The molecule has 3 rings (SSSR count). The van der Waals surface area contributed by atoms with Gasteiger partial charge in [-0.05, 0) is 44.0 Å². The van der Waals surface area contributed by atoms with Crippen molar-refractivity contribution in [1.29, 1.82) is 0 Å². The van der Waals surface area contributed by atoms with Gasteiger partial charge in [0, 0.05) is 22.8 Å². The number of fused-ring (bicyclic) bond motifs is 1. The predicted molar refractivity (Wildman–Crippen MR) is 107 cm³/mol. The maximum absolute atomic E-state index is 12.6. The third kappa shape index (κ3) is 3.14. The van der Waals surface area contributed by atoms with Crippen LogP contribution in [-0.2, 0) is 10.2 Å². The fourth-order valence-electron chi connectivity index (χ4n) is 3.10. The van der Waals surface area contributed by atoms with E-state index < -0.39 is 22.7 Å². The fraction of sp³-hybridized carbons (Fsp3) is 0.200. The number of aliphatic carboxylic acids is 1. The zero-order valence-electron chi connectivity index (χ0n) is 15.5. The van der Waals surface area contributed by atoms with Gasteiger partial charge in [-0.15, -0.1) is 0 Å². The van der Waals surface area contributed by atoms with Crippen LogP contribution >= 0.6 is 11.6 Å². The Morgan fingerprint density at radius 1 is 1.25 bits per heavy atom. The fourth-order valence-corrected chi connectivity index (χ4v) is 3.50. The minimum atomic E-state index is -1.17. The first-order valence-electron chi connectivity index (χ1n) is 8.40. The van der Waals surface area contributed by atoms with Crippen molar-refractivity contribution >= 4 is 34.4 Å². The lowest BCUT2D eigenvalue weighted by molar-refractivity contribution is -0.142. The molecule has 2 heterocycles. The minimum Gasteiger partial charge on any atom is -0.481 e. The van der Waals surface area contributed by atoms with Crippen LogP contribution < -0.4 is 11.2 Å². The Balaban J connectivity index is 2.24. The molecular weight excluding hydrogens is 382 g/mol. The Morgan fingerprint density at radius 3 is 2.54 bits per heavy atom. The van der Waals surface area contributed by atoms with Crippen molar-refractivity contribution in [3.63, 3.8) is 0 Å². The van der Waals surface area contributed by atoms with Gasteiger partial charge in [0.25, 0.3) is 5.91 Å². The summed E-state index contributed by atoms with van der Waals surface area (Å²) in [6.45, 7) is 4.95. The molecule has 0 aliphatic rings. The number of pyridine rings is 2. The summed E-state index contributed by atoms with van der Waals surface area (Å²) in [4.78, 5) is 42.7. The number of carboxylic acids is 1. The van der Waals surface area contributed by atoms with Gasteiger partial charge in [0.15, 0.2) is 5.43 Å². The Hall–Kier alpha value is -3.19. The molecule has 0 fully saturated rings. The van der Waals surface area contributed by atoms with Crippen LogP contribution in [0.3, 0.4) is 0 Å². The molecule has 8 heteroatoms. The van der Waals surface area contributed by atoms with E-state index in [0.717, 1.165) is 5.56 Å². The van der Waals surface area contributed by atoms with Gasteiger partial charge in [-0.2, -0.15) is 0 Å². The number of nitrogens with zero attached hydrogens (tertiary/aromatic N) is 1. The lowest BCUT2D eigenvalue weighted by atomic mass is 9.83. The van der Waals surface area contributed by atoms with Crippen molar-refractivity contribution in [1.82, 2.24) is 9.97 Å². The van der Waals surface area contributed by atoms with Gasteiger partial charge < -0.3 is 15.8 Å². The van der Waals surface area contributed by atoms with Crippen molar-refractivity contribution < 1.29 is 14.7 Å². The van der Waals surface area contributed by atoms with Crippen molar-refractivity contribution in [2.75, 3.05) is 0 Å². The smallest absolute Gasteiger partial charge is 0.313 e. The third-order valence-corrected chi connectivity index (χ3v) is 5.10. The van der Waals surface area contributed by atoms with Crippen LogP contribution in [0.4, 0.5) is 0 Å². The topological polar surface area (TPSA) is 126 Å². The van der Waals surface area contributed by atoms with E-state index in [2.05, 4.69) is 9.97 Å². The molecule has 0 saturated heterocycles. The summed E-state index contributed by atoms with van der Waals surface area (Å²) in [5, 5.41) is 9.87. The second-order valence-electron chi connectivity index (χ2n) is 7.07. The van der Waals surface area contributed by atoms with Crippen molar-refractivity contribution in [2.24, 2.45) is 5.73 Å². The Labute approximate surface area is 165 Å². The van der Waals surface area contributed by atoms with Crippen LogP contribution in [-0.4, -0.2) is 27.0 Å². The molecule has 0 aliphatic heterocycles. The highest BCUT2D eigenvalue weighted by Gasteiger charge is 2.32. The Morgan fingerprint density at radius 2 is 1.93 bits per heavy atom. The number of nitrogens with two attached hydrogens (primary N) is 1. The molecule has 0 spiro atoms. The monoisotopic (exact) mass is 399 g/mol. The number of hydrogen-bond donors (Lipinski definition) is 3. The molecule has 7 nitrogen and oxygen atoms in total. The van der Waals surface area contributed by atoms with E-state index in [4.69, 9.17) is 17.3 Å². The normalized spacial score (nSPS) is 11.6. The molecule has 0 atom stereocenters. The number of aryl methyl sites for hydroxylation is 1. The number of carbonyl (C=O) groups is 2. The van der Waals surface area contributed by atoms with E-state index in [1.165, 1.54) is 12.3 Å². The van der Waals surface area contributed by atoms with Crippen LogP contribution in [0, 0.1) is 6.92 Å². The highest BCUT2D eigenvalue weighted by atomic mass is 35.5. The number of carbonyl (C=O) groups excluding carboxylic acids is 1. The molecule has 144 valence electrons. The lowest BCUT2D eigenvalue weighted by Crippen LogP contribution is -2.29. The summed E-state index contributed by atoms with van der Waals surface area (Å²) >= 11 is 6.38. The number of primary amides is 1. The van der Waals surface area contributed by atoms with Gasteiger partial charge in [-0.1, -0.05) is 17.7 Å². The van der Waals surface area contributed by atoms with Crippen LogP contribution in [0.15, 0.2) is 35.3 Å². The van der Waals surface area contributed by atoms with E-state index >= 15 is 0 Å². The van der Waals surface area contributed by atoms with E-state index in [-0.39, 0.29) is 16.1 Å². The zero-order chi connectivity index (χ0) is 20.8. The summed E-state index contributed by atoms with van der Waals surface area (Å²) in [5.41, 5.74) is 6.40. The first-order valence-corrected chi connectivity index (χ1v) is 8.78. The molecule has 3 aromatic rings. The number of aromatic amines is 1. The van der Waals surface area contributed by atoms with Gasteiger partial charge in [-0.25, -0.2) is 0 Å². The molecule has 1 amide bonds. The summed E-state index contributed by atoms with van der Waals surface area (Å²) in [5.74, 6) is -1.78. The van der Waals surface area contributed by atoms with Crippen molar-refractivity contribution in [2.45, 2.75) is 26.2 Å². The average Bonchev–Trinajstić information content (AvgIpc) is 2.62. The summed E-state index contributed by atoms with van der Waals surface area (Å²) in [6.07, 6.45) is 1.39. The average molecular weight is 400 g/mol. The van der Waals surface area contributed by atoms with Crippen LogP contribution in [0.25, 0.3) is 22.2 Å². The quantitative estimate of drug-likeness (QED) is 0.621. The van der Waals surface area contributed by atoms with E-state index in [0.29, 0.717) is 22.3 Å². The molecule has 2 aromatic heterocycles. The maximum atomic E-state index is 12.6. The largest absolute Gasteiger partial charge is 0.481 e. The minimum absolute atomic E-state index is 0.0985. The van der Waals surface area contributed by atoms with Gasteiger partial charge in [0.2, 0.25) is 0 Å². The van der Waals surface area contributed by atoms with Crippen molar-refractivity contribution in [3.05, 3.63) is 62.5 Å². The Bertz CT molecular complexity index is 1200. The van der Waals surface area contributed by atoms with Gasteiger partial charge in [0.05, 0.1) is 22.0 Å². The highest BCUT2D eigenvalue weighted by molar-refractivity contribution is 6.32. The number of aromatic nitrogens is 2. The lowest BCUT2D eigenvalue weighted by Gasteiger charge is -2.23. The first kappa shape index (κ1) is 19.6. The number of halogens is 1. The Kier molecular flexibility index (Phi) is 4.72. The second kappa shape index (κ2) is 6.76. The highest BCUT2D eigenvalue weighted by Crippen LogP contribution is 2.35. The molecule has 0 saturated carbocycles. The van der Waals surface area contributed by atoms with Crippen LogP contribution in [0.5, 0.6) is 0 Å². The molecule has 0 radical (unpaired) electrons. The third-order valence-electron chi connectivity index (χ3n) is 4.79. The number of H-pyrrole nitrogens is 1. The zero-order valence-corrected chi connectivity index (χ0v) is 16.2. The number of amides is 1. The summed E-state index contributed by atoms with van der Waals surface area (Å²) in [7, 11) is 0. The number of rotatable bonds is 4. The predicted octanol–water partition coefficient (Wildman–Crippen LogP) is 3.01. The maximum Gasteiger partial charge on any atom is 0.313 e. The molecule has 0 unspecified atom stereocenters. The van der Waals surface area contributed by atoms with Gasteiger partial charge in [0.1, 0.15) is 5.69 Å². The number of benzene rings is 1. The van der Waals surface area contributed by atoms with E-state index in [9.17, 15) is 19.5 Å². The van der Waals surface area contributed by atoms with Crippen LogP contribution in [0.1, 0.15) is 35.5 Å². The number of carboxylic acid groups (broad SMARTS) is 1. The summed E-state index contributed by atoms with van der Waals surface area (Å²) < 4.78 is 0. The van der Waals surface area contributed by atoms with E-state index in [1.807, 2.05) is 0 Å². The molecule has 28 heavy (non-hydrogen) atoms. The van der Waals surface area contributed by atoms with Gasteiger partial charge >= 0.3 is 5.97 Å². The number of hydrogen-bond acceptors (Lipinski definition) is 4.